The first-order valence-corrected chi connectivity index (χ1v) is 4.09. The van der Waals surface area contributed by atoms with Gasteiger partial charge in [-0.3, -0.25) is 4.99 Å². The van der Waals surface area contributed by atoms with Gasteiger partial charge in [0.15, 0.2) is 0 Å². The summed E-state index contributed by atoms with van der Waals surface area (Å²) in [5.41, 5.74) is 0.255. The third kappa shape index (κ3) is 4.72. The Morgan fingerprint density at radius 2 is 2.27 bits per heavy atom. The summed E-state index contributed by atoms with van der Waals surface area (Å²) in [6.45, 7) is 0. The first kappa shape index (κ1) is 10.3. The minimum Gasteiger partial charge on any atom is -0.478 e. The molecule has 0 spiro atoms. The van der Waals surface area contributed by atoms with Crippen LogP contribution in [0.5, 0.6) is 0 Å². The number of hydrogen-bond acceptors (Lipinski definition) is 2. The molecular formula is C7H8INO2. The van der Waals surface area contributed by atoms with Gasteiger partial charge in [-0.05, 0) is 16.2 Å². The Hall–Kier alpha value is -0.650. The van der Waals surface area contributed by atoms with E-state index in [9.17, 15) is 4.79 Å². The predicted octanol–water partition coefficient (Wildman–Crippen LogP) is 1.65. The molecule has 60 valence electrons. The fraction of sp³-hybridized carbons (Fsp3) is 0.143. The molecule has 0 aliphatic rings. The maximum absolute atomic E-state index is 10.4. The molecule has 0 saturated heterocycles. The zero-order valence-electron chi connectivity index (χ0n) is 5.99. The van der Waals surface area contributed by atoms with Crippen molar-refractivity contribution in [2.24, 2.45) is 4.99 Å². The molecule has 0 fully saturated rings. The van der Waals surface area contributed by atoms with Gasteiger partial charge in [0.25, 0.3) is 0 Å². The number of carboxylic acids is 1. The molecule has 0 rings (SSSR count). The maximum atomic E-state index is 10.4. The van der Waals surface area contributed by atoms with Crippen LogP contribution in [0.25, 0.3) is 0 Å². The van der Waals surface area contributed by atoms with Crippen LogP contribution in [0.3, 0.4) is 0 Å². The van der Waals surface area contributed by atoms with E-state index in [4.69, 9.17) is 5.11 Å². The third-order valence-electron chi connectivity index (χ3n) is 0.875. The van der Waals surface area contributed by atoms with E-state index >= 15 is 0 Å². The second-order valence-electron chi connectivity index (χ2n) is 1.64. The SMILES string of the molecule is C/N=C/C=C\C(=C/I)C(=O)O. The summed E-state index contributed by atoms with van der Waals surface area (Å²) in [6.07, 6.45) is 4.60. The van der Waals surface area contributed by atoms with Crippen LogP contribution in [0.1, 0.15) is 0 Å². The van der Waals surface area contributed by atoms with Gasteiger partial charge in [0.1, 0.15) is 0 Å². The summed E-state index contributed by atoms with van der Waals surface area (Å²) in [5, 5.41) is 8.50. The second-order valence-corrected chi connectivity index (χ2v) is 2.26. The normalized spacial score (nSPS) is 13.1. The standard InChI is InChI=1S/C7H8INO2/c1-9-4-2-3-6(5-8)7(10)11/h2-5H,1H3,(H,10,11)/b3-2-,6-5+,9-4+. The van der Waals surface area contributed by atoms with Crippen molar-refractivity contribution in [3.63, 3.8) is 0 Å². The zero-order chi connectivity index (χ0) is 8.69. The highest BCUT2D eigenvalue weighted by Crippen LogP contribution is 2.00. The van der Waals surface area contributed by atoms with E-state index in [0.717, 1.165) is 0 Å². The van der Waals surface area contributed by atoms with Gasteiger partial charge in [-0.2, -0.15) is 0 Å². The van der Waals surface area contributed by atoms with Crippen molar-refractivity contribution >= 4 is 34.8 Å². The van der Waals surface area contributed by atoms with E-state index in [1.807, 2.05) is 22.6 Å². The summed E-state index contributed by atoms with van der Waals surface area (Å²) in [7, 11) is 1.62. The lowest BCUT2D eigenvalue weighted by atomic mass is 10.3. The molecule has 0 radical (unpaired) electrons. The second kappa shape index (κ2) is 6.09. The number of nitrogens with zero attached hydrogens (tertiary/aromatic N) is 1. The molecule has 0 aliphatic heterocycles. The Labute approximate surface area is 78.7 Å². The minimum absolute atomic E-state index is 0.255. The van der Waals surface area contributed by atoms with Crippen molar-refractivity contribution in [1.82, 2.24) is 0 Å². The molecule has 0 saturated carbocycles. The number of carboxylic acid groups (broad SMARTS) is 1. The van der Waals surface area contributed by atoms with E-state index in [0.29, 0.717) is 0 Å². The van der Waals surface area contributed by atoms with E-state index in [2.05, 4.69) is 4.99 Å². The third-order valence-corrected chi connectivity index (χ3v) is 1.55. The van der Waals surface area contributed by atoms with Gasteiger partial charge >= 0.3 is 5.97 Å². The number of carbonyl (C=O) groups is 1. The van der Waals surface area contributed by atoms with Crippen LogP contribution in [0.2, 0.25) is 0 Å². The van der Waals surface area contributed by atoms with Crippen molar-refractivity contribution in [1.29, 1.82) is 0 Å². The Morgan fingerprint density at radius 1 is 1.64 bits per heavy atom. The van der Waals surface area contributed by atoms with Crippen molar-refractivity contribution < 1.29 is 9.90 Å². The largest absolute Gasteiger partial charge is 0.478 e. The van der Waals surface area contributed by atoms with Crippen LogP contribution in [0.4, 0.5) is 0 Å². The lowest BCUT2D eigenvalue weighted by Gasteiger charge is -1.87. The molecule has 0 aliphatic carbocycles. The summed E-state index contributed by atoms with van der Waals surface area (Å²) in [4.78, 5) is 14.0. The number of rotatable bonds is 3. The molecule has 0 aromatic carbocycles. The van der Waals surface area contributed by atoms with Gasteiger partial charge in [0.2, 0.25) is 0 Å². The Balaban J connectivity index is 4.22. The fourth-order valence-electron chi connectivity index (χ4n) is 0.387. The van der Waals surface area contributed by atoms with Gasteiger partial charge in [-0.25, -0.2) is 4.79 Å². The average molecular weight is 265 g/mol. The van der Waals surface area contributed by atoms with Crippen LogP contribution >= 0.6 is 22.6 Å². The monoisotopic (exact) mass is 265 g/mol. The smallest absolute Gasteiger partial charge is 0.336 e. The molecule has 0 heterocycles. The predicted molar refractivity (Wildman–Crippen MR) is 53.3 cm³/mol. The quantitative estimate of drug-likeness (QED) is 0.365. The number of allylic oxidation sites excluding steroid dienone is 1. The molecule has 0 bridgehead atoms. The van der Waals surface area contributed by atoms with Crippen LogP contribution < -0.4 is 0 Å². The van der Waals surface area contributed by atoms with E-state index < -0.39 is 5.97 Å². The Morgan fingerprint density at radius 3 is 2.64 bits per heavy atom. The number of halogens is 1. The lowest BCUT2D eigenvalue weighted by Crippen LogP contribution is -1.95. The van der Waals surface area contributed by atoms with Crippen LogP contribution in [0.15, 0.2) is 26.8 Å². The molecule has 4 heteroatoms. The van der Waals surface area contributed by atoms with Crippen LogP contribution in [-0.2, 0) is 4.79 Å². The van der Waals surface area contributed by atoms with Gasteiger partial charge in [0.05, 0.1) is 5.57 Å². The summed E-state index contributed by atoms with van der Waals surface area (Å²) in [5.74, 6) is -0.930. The minimum atomic E-state index is -0.930. The topological polar surface area (TPSA) is 49.7 Å². The highest BCUT2D eigenvalue weighted by atomic mass is 127. The van der Waals surface area contributed by atoms with Crippen molar-refractivity contribution in [2.75, 3.05) is 7.05 Å². The van der Waals surface area contributed by atoms with Crippen molar-refractivity contribution in [2.45, 2.75) is 0 Å². The van der Waals surface area contributed by atoms with Crippen molar-refractivity contribution in [3.05, 3.63) is 21.8 Å². The molecule has 0 amide bonds. The number of hydrogen-bond donors (Lipinski definition) is 1. The lowest BCUT2D eigenvalue weighted by molar-refractivity contribution is -0.132. The van der Waals surface area contributed by atoms with E-state index in [-0.39, 0.29) is 5.57 Å². The highest BCUT2D eigenvalue weighted by Gasteiger charge is 1.99. The van der Waals surface area contributed by atoms with Gasteiger partial charge < -0.3 is 5.11 Å². The zero-order valence-corrected chi connectivity index (χ0v) is 8.15. The summed E-state index contributed by atoms with van der Waals surface area (Å²) in [6, 6.07) is 0. The molecule has 3 nitrogen and oxygen atoms in total. The highest BCUT2D eigenvalue weighted by molar-refractivity contribution is 14.1. The van der Waals surface area contributed by atoms with Crippen LogP contribution in [-0.4, -0.2) is 24.3 Å². The number of aliphatic imine (C=N–C) groups is 1. The van der Waals surface area contributed by atoms with Crippen LogP contribution in [0, 0.1) is 0 Å². The molecule has 1 N–H and O–H groups in total. The molecule has 0 unspecified atom stereocenters. The summed E-state index contributed by atoms with van der Waals surface area (Å²) < 4.78 is 1.50. The Bertz CT molecular complexity index is 218. The van der Waals surface area contributed by atoms with Crippen molar-refractivity contribution in [3.8, 4) is 0 Å². The average Bonchev–Trinajstić information content (AvgIpc) is 1.97. The fourth-order valence-corrected chi connectivity index (χ4v) is 0.861. The maximum Gasteiger partial charge on any atom is 0.336 e. The van der Waals surface area contributed by atoms with Gasteiger partial charge in [-0.1, -0.05) is 22.6 Å². The van der Waals surface area contributed by atoms with E-state index in [1.165, 1.54) is 16.4 Å². The molecular weight excluding hydrogens is 257 g/mol. The number of aliphatic carboxylic acids is 1. The van der Waals surface area contributed by atoms with Gasteiger partial charge in [-0.15, -0.1) is 0 Å². The first-order chi connectivity index (χ1) is 5.22. The molecule has 0 aromatic heterocycles. The molecule has 0 atom stereocenters. The molecule has 11 heavy (non-hydrogen) atoms. The van der Waals surface area contributed by atoms with E-state index in [1.54, 1.807) is 13.1 Å². The molecule has 0 aromatic rings. The first-order valence-electron chi connectivity index (χ1n) is 2.85. The summed E-state index contributed by atoms with van der Waals surface area (Å²) >= 11 is 1.88. The van der Waals surface area contributed by atoms with Gasteiger partial charge in [0, 0.05) is 13.3 Å². The Kier molecular flexibility index (Phi) is 5.73.